The van der Waals surface area contributed by atoms with E-state index in [0.29, 0.717) is 10.9 Å². The second kappa shape index (κ2) is 4.86. The lowest BCUT2D eigenvalue weighted by Crippen LogP contribution is -2.09. The Morgan fingerprint density at radius 1 is 1.33 bits per heavy atom. The number of aliphatic hydroxyl groups is 1. The Bertz CT molecular complexity index is 347. The van der Waals surface area contributed by atoms with Crippen molar-refractivity contribution in [3.8, 4) is 0 Å². The Morgan fingerprint density at radius 2 is 2.00 bits per heavy atom. The van der Waals surface area contributed by atoms with E-state index in [1.807, 2.05) is 18.2 Å². The SMILES string of the molecule is OC(c1cc(Cl)ccc1Br)C1CCCC1. The van der Waals surface area contributed by atoms with Crippen LogP contribution in [0.5, 0.6) is 0 Å². The molecule has 1 unspecified atom stereocenters. The minimum atomic E-state index is -0.374. The van der Waals surface area contributed by atoms with E-state index in [-0.39, 0.29) is 6.10 Å². The normalized spacial score (nSPS) is 19.4. The van der Waals surface area contributed by atoms with Crippen LogP contribution in [0.4, 0.5) is 0 Å². The van der Waals surface area contributed by atoms with E-state index in [1.54, 1.807) is 0 Å². The maximum atomic E-state index is 10.2. The molecule has 0 saturated heterocycles. The van der Waals surface area contributed by atoms with Gasteiger partial charge in [0.25, 0.3) is 0 Å². The van der Waals surface area contributed by atoms with Gasteiger partial charge in [-0.2, -0.15) is 0 Å². The summed E-state index contributed by atoms with van der Waals surface area (Å²) in [4.78, 5) is 0. The fraction of sp³-hybridized carbons (Fsp3) is 0.500. The molecule has 15 heavy (non-hydrogen) atoms. The van der Waals surface area contributed by atoms with Crippen LogP contribution >= 0.6 is 27.5 Å². The van der Waals surface area contributed by atoms with Crippen LogP contribution in [0.2, 0.25) is 5.02 Å². The van der Waals surface area contributed by atoms with Crippen molar-refractivity contribution in [1.29, 1.82) is 0 Å². The van der Waals surface area contributed by atoms with Gasteiger partial charge >= 0.3 is 0 Å². The maximum Gasteiger partial charge on any atom is 0.0829 e. The maximum absolute atomic E-state index is 10.2. The van der Waals surface area contributed by atoms with Gasteiger partial charge in [-0.25, -0.2) is 0 Å². The predicted octanol–water partition coefficient (Wildman–Crippen LogP) is 4.33. The van der Waals surface area contributed by atoms with Gasteiger partial charge in [-0.3, -0.25) is 0 Å². The van der Waals surface area contributed by atoms with Gasteiger partial charge in [-0.05, 0) is 42.5 Å². The van der Waals surface area contributed by atoms with E-state index in [4.69, 9.17) is 11.6 Å². The monoisotopic (exact) mass is 288 g/mol. The highest BCUT2D eigenvalue weighted by atomic mass is 79.9. The fourth-order valence-corrected chi connectivity index (χ4v) is 2.93. The molecule has 0 aromatic heterocycles. The highest BCUT2D eigenvalue weighted by Crippen LogP contribution is 2.38. The van der Waals surface area contributed by atoms with Gasteiger partial charge in [0.05, 0.1) is 6.10 Å². The van der Waals surface area contributed by atoms with Gasteiger partial charge in [-0.1, -0.05) is 40.4 Å². The fourth-order valence-electron chi connectivity index (χ4n) is 2.27. The molecular formula is C12H14BrClO. The summed E-state index contributed by atoms with van der Waals surface area (Å²) in [7, 11) is 0. The van der Waals surface area contributed by atoms with Crippen molar-refractivity contribution < 1.29 is 5.11 Å². The molecule has 2 rings (SSSR count). The largest absolute Gasteiger partial charge is 0.388 e. The zero-order valence-corrected chi connectivity index (χ0v) is 10.8. The van der Waals surface area contributed by atoms with E-state index < -0.39 is 0 Å². The molecule has 1 atom stereocenters. The number of hydrogen-bond acceptors (Lipinski definition) is 1. The summed E-state index contributed by atoms with van der Waals surface area (Å²) in [6, 6.07) is 5.58. The van der Waals surface area contributed by atoms with E-state index in [9.17, 15) is 5.11 Å². The van der Waals surface area contributed by atoms with Crippen molar-refractivity contribution in [2.45, 2.75) is 31.8 Å². The van der Waals surface area contributed by atoms with Gasteiger partial charge in [0.15, 0.2) is 0 Å². The predicted molar refractivity (Wildman–Crippen MR) is 66.1 cm³/mol. The molecule has 1 aliphatic rings. The second-order valence-corrected chi connectivity index (χ2v) is 5.45. The summed E-state index contributed by atoms with van der Waals surface area (Å²) in [5, 5.41) is 10.9. The lowest BCUT2D eigenvalue weighted by atomic mass is 9.94. The highest BCUT2D eigenvalue weighted by Gasteiger charge is 2.25. The third-order valence-electron chi connectivity index (χ3n) is 3.12. The second-order valence-electron chi connectivity index (χ2n) is 4.16. The summed E-state index contributed by atoms with van der Waals surface area (Å²) in [6.07, 6.45) is 4.35. The van der Waals surface area contributed by atoms with Gasteiger partial charge < -0.3 is 5.11 Å². The molecule has 1 saturated carbocycles. The summed E-state index contributed by atoms with van der Waals surface area (Å²) in [5.41, 5.74) is 0.925. The first-order valence-corrected chi connectivity index (χ1v) is 6.48. The third-order valence-corrected chi connectivity index (χ3v) is 4.08. The topological polar surface area (TPSA) is 20.2 Å². The molecule has 0 aliphatic heterocycles. The van der Waals surface area contributed by atoms with E-state index in [2.05, 4.69) is 15.9 Å². The quantitative estimate of drug-likeness (QED) is 0.859. The van der Waals surface area contributed by atoms with Crippen LogP contribution in [-0.2, 0) is 0 Å². The Balaban J connectivity index is 2.23. The van der Waals surface area contributed by atoms with Crippen LogP contribution in [0.15, 0.2) is 22.7 Å². The number of halogens is 2. The third kappa shape index (κ3) is 2.55. The van der Waals surface area contributed by atoms with E-state index in [0.717, 1.165) is 22.9 Å². The van der Waals surface area contributed by atoms with Crippen LogP contribution in [0, 0.1) is 5.92 Å². The summed E-state index contributed by atoms with van der Waals surface area (Å²) in [6.45, 7) is 0. The Morgan fingerprint density at radius 3 is 2.67 bits per heavy atom. The van der Waals surface area contributed by atoms with Gasteiger partial charge in [-0.15, -0.1) is 0 Å². The molecule has 0 bridgehead atoms. The lowest BCUT2D eigenvalue weighted by molar-refractivity contribution is 0.111. The van der Waals surface area contributed by atoms with Crippen LogP contribution in [-0.4, -0.2) is 5.11 Å². The summed E-state index contributed by atoms with van der Waals surface area (Å²) < 4.78 is 0.950. The van der Waals surface area contributed by atoms with Gasteiger partial charge in [0.2, 0.25) is 0 Å². The molecule has 0 amide bonds. The minimum Gasteiger partial charge on any atom is -0.388 e. The molecule has 1 N–H and O–H groups in total. The van der Waals surface area contributed by atoms with Crippen molar-refractivity contribution in [3.05, 3.63) is 33.3 Å². The number of benzene rings is 1. The first-order valence-electron chi connectivity index (χ1n) is 5.31. The smallest absolute Gasteiger partial charge is 0.0829 e. The van der Waals surface area contributed by atoms with Crippen molar-refractivity contribution >= 4 is 27.5 Å². The molecule has 1 aliphatic carbocycles. The van der Waals surface area contributed by atoms with Crippen LogP contribution in [0.1, 0.15) is 37.4 Å². The molecule has 0 radical (unpaired) electrons. The average molecular weight is 290 g/mol. The van der Waals surface area contributed by atoms with Crippen molar-refractivity contribution in [3.63, 3.8) is 0 Å². The molecule has 0 heterocycles. The molecular weight excluding hydrogens is 275 g/mol. The molecule has 1 aromatic carbocycles. The first-order chi connectivity index (χ1) is 7.18. The zero-order valence-electron chi connectivity index (χ0n) is 8.42. The van der Waals surface area contributed by atoms with Crippen molar-refractivity contribution in [2.24, 2.45) is 5.92 Å². The van der Waals surface area contributed by atoms with Crippen LogP contribution in [0.3, 0.4) is 0 Å². The number of rotatable bonds is 2. The Hall–Kier alpha value is -0.0500. The number of aliphatic hydroxyl groups excluding tert-OH is 1. The summed E-state index contributed by atoms with van der Waals surface area (Å²) in [5.74, 6) is 0.403. The standard InChI is InChI=1S/C12H14BrClO/c13-11-6-5-9(14)7-10(11)12(15)8-3-1-2-4-8/h5-8,12,15H,1-4H2. The van der Waals surface area contributed by atoms with Crippen LogP contribution < -0.4 is 0 Å². The zero-order chi connectivity index (χ0) is 10.8. The molecule has 1 nitrogen and oxygen atoms in total. The van der Waals surface area contributed by atoms with Gasteiger partial charge in [0, 0.05) is 9.50 Å². The molecule has 1 aromatic rings. The summed E-state index contributed by atoms with van der Waals surface area (Å²) >= 11 is 9.40. The number of hydrogen-bond donors (Lipinski definition) is 1. The minimum absolute atomic E-state index is 0.374. The first kappa shape index (κ1) is 11.4. The highest BCUT2D eigenvalue weighted by molar-refractivity contribution is 9.10. The Kier molecular flexibility index (Phi) is 3.70. The molecule has 82 valence electrons. The molecule has 1 fully saturated rings. The van der Waals surface area contributed by atoms with Crippen molar-refractivity contribution in [1.82, 2.24) is 0 Å². The Labute approximate surface area is 104 Å². The van der Waals surface area contributed by atoms with Crippen molar-refractivity contribution in [2.75, 3.05) is 0 Å². The lowest BCUT2D eigenvalue weighted by Gasteiger charge is -2.19. The van der Waals surface area contributed by atoms with E-state index in [1.165, 1.54) is 12.8 Å². The average Bonchev–Trinajstić information content (AvgIpc) is 2.74. The molecule has 0 spiro atoms. The van der Waals surface area contributed by atoms with Crippen LogP contribution in [0.25, 0.3) is 0 Å². The van der Waals surface area contributed by atoms with E-state index >= 15 is 0 Å². The van der Waals surface area contributed by atoms with Gasteiger partial charge in [0.1, 0.15) is 0 Å². The molecule has 3 heteroatoms.